The molecule has 2 amide bonds. The first-order valence-corrected chi connectivity index (χ1v) is 9.24. The Morgan fingerprint density at radius 3 is 2.64 bits per heavy atom. The van der Waals surface area contributed by atoms with E-state index in [0.717, 1.165) is 4.90 Å². The van der Waals surface area contributed by atoms with Crippen molar-refractivity contribution in [2.24, 2.45) is 0 Å². The van der Waals surface area contributed by atoms with Crippen LogP contribution in [0.4, 0.5) is 11.4 Å². The SMILES string of the molecule is COc1ccc(NC(=O)COC(=O)c2ccc3c(c2)NC(=O)CS3)cc1OC. The summed E-state index contributed by atoms with van der Waals surface area (Å²) in [6, 6.07) is 9.76. The third kappa shape index (κ3) is 4.55. The minimum Gasteiger partial charge on any atom is -0.493 e. The van der Waals surface area contributed by atoms with Gasteiger partial charge in [-0.15, -0.1) is 11.8 Å². The first-order chi connectivity index (χ1) is 13.5. The molecule has 0 atom stereocenters. The predicted molar refractivity (Wildman–Crippen MR) is 104 cm³/mol. The number of fused-ring (bicyclic) bond motifs is 1. The van der Waals surface area contributed by atoms with Gasteiger partial charge < -0.3 is 24.8 Å². The molecule has 0 aromatic heterocycles. The number of amides is 2. The van der Waals surface area contributed by atoms with E-state index >= 15 is 0 Å². The maximum Gasteiger partial charge on any atom is 0.338 e. The van der Waals surface area contributed by atoms with Crippen molar-refractivity contribution in [2.75, 3.05) is 37.2 Å². The number of rotatable bonds is 6. The van der Waals surface area contributed by atoms with Gasteiger partial charge in [0.05, 0.1) is 31.2 Å². The van der Waals surface area contributed by atoms with Crippen LogP contribution in [-0.4, -0.2) is 44.4 Å². The number of carbonyl (C=O) groups excluding carboxylic acids is 3. The van der Waals surface area contributed by atoms with Gasteiger partial charge in [-0.25, -0.2) is 4.79 Å². The number of methoxy groups -OCH3 is 2. The average molecular weight is 402 g/mol. The van der Waals surface area contributed by atoms with Gasteiger partial charge in [0.15, 0.2) is 18.1 Å². The monoisotopic (exact) mass is 402 g/mol. The second-order valence-corrected chi connectivity index (χ2v) is 6.76. The number of carbonyl (C=O) groups is 3. The summed E-state index contributed by atoms with van der Waals surface area (Å²) in [5, 5.41) is 5.32. The number of benzene rings is 2. The Bertz CT molecular complexity index is 931. The van der Waals surface area contributed by atoms with E-state index in [9.17, 15) is 14.4 Å². The molecule has 9 heteroatoms. The van der Waals surface area contributed by atoms with Crippen LogP contribution in [0.3, 0.4) is 0 Å². The van der Waals surface area contributed by atoms with Crippen LogP contribution in [0.15, 0.2) is 41.3 Å². The van der Waals surface area contributed by atoms with E-state index in [-0.39, 0.29) is 11.5 Å². The minimum atomic E-state index is -0.657. The van der Waals surface area contributed by atoms with Crippen molar-refractivity contribution < 1.29 is 28.6 Å². The molecule has 2 N–H and O–H groups in total. The van der Waals surface area contributed by atoms with Crippen molar-refractivity contribution in [1.29, 1.82) is 0 Å². The Labute approximate surface area is 165 Å². The molecule has 0 saturated heterocycles. The molecule has 0 saturated carbocycles. The van der Waals surface area contributed by atoms with Crippen molar-refractivity contribution in [3.63, 3.8) is 0 Å². The number of thioether (sulfide) groups is 1. The Morgan fingerprint density at radius 1 is 1.11 bits per heavy atom. The summed E-state index contributed by atoms with van der Waals surface area (Å²) < 4.78 is 15.4. The fourth-order valence-electron chi connectivity index (χ4n) is 2.54. The topological polar surface area (TPSA) is 103 Å². The van der Waals surface area contributed by atoms with Gasteiger partial charge in [0.2, 0.25) is 5.91 Å². The highest BCUT2D eigenvalue weighted by molar-refractivity contribution is 8.00. The Morgan fingerprint density at radius 2 is 1.89 bits per heavy atom. The molecule has 146 valence electrons. The Balaban J connectivity index is 1.58. The Kier molecular flexibility index (Phi) is 6.05. The fraction of sp³-hybridized carbons (Fsp3) is 0.211. The lowest BCUT2D eigenvalue weighted by molar-refractivity contribution is -0.119. The number of esters is 1. The molecular weight excluding hydrogens is 384 g/mol. The largest absolute Gasteiger partial charge is 0.493 e. The third-order valence-corrected chi connectivity index (χ3v) is 4.92. The fourth-order valence-corrected chi connectivity index (χ4v) is 3.32. The first-order valence-electron chi connectivity index (χ1n) is 8.26. The van der Waals surface area contributed by atoms with E-state index < -0.39 is 18.5 Å². The van der Waals surface area contributed by atoms with Crippen LogP contribution in [0.25, 0.3) is 0 Å². The molecule has 28 heavy (non-hydrogen) atoms. The molecule has 0 aliphatic carbocycles. The van der Waals surface area contributed by atoms with Crippen LogP contribution in [0.5, 0.6) is 11.5 Å². The second kappa shape index (κ2) is 8.66. The summed E-state index contributed by atoms with van der Waals surface area (Å²) in [6.07, 6.45) is 0. The zero-order chi connectivity index (χ0) is 20.1. The molecule has 0 radical (unpaired) electrons. The van der Waals surface area contributed by atoms with Crippen molar-refractivity contribution in [2.45, 2.75) is 4.90 Å². The quantitative estimate of drug-likeness (QED) is 0.716. The summed E-state index contributed by atoms with van der Waals surface area (Å²) in [4.78, 5) is 36.6. The number of ether oxygens (including phenoxy) is 3. The van der Waals surface area contributed by atoms with Gasteiger partial charge in [0, 0.05) is 16.6 Å². The van der Waals surface area contributed by atoms with Gasteiger partial charge in [0.1, 0.15) is 0 Å². The highest BCUT2D eigenvalue weighted by atomic mass is 32.2. The lowest BCUT2D eigenvalue weighted by Gasteiger charge is -2.16. The molecule has 2 aromatic carbocycles. The zero-order valence-electron chi connectivity index (χ0n) is 15.2. The number of hydrogen-bond donors (Lipinski definition) is 2. The van der Waals surface area contributed by atoms with Gasteiger partial charge in [-0.05, 0) is 30.3 Å². The number of anilines is 2. The molecule has 1 heterocycles. The maximum absolute atomic E-state index is 12.2. The second-order valence-electron chi connectivity index (χ2n) is 5.74. The highest BCUT2D eigenvalue weighted by Gasteiger charge is 2.18. The van der Waals surface area contributed by atoms with E-state index in [1.54, 1.807) is 30.3 Å². The van der Waals surface area contributed by atoms with Gasteiger partial charge in [-0.2, -0.15) is 0 Å². The van der Waals surface area contributed by atoms with E-state index in [0.29, 0.717) is 28.6 Å². The van der Waals surface area contributed by atoms with Crippen LogP contribution in [-0.2, 0) is 14.3 Å². The minimum absolute atomic E-state index is 0.127. The van der Waals surface area contributed by atoms with E-state index in [1.165, 1.54) is 32.0 Å². The Hall–Kier alpha value is -3.20. The van der Waals surface area contributed by atoms with Crippen LogP contribution in [0, 0.1) is 0 Å². The average Bonchev–Trinajstić information content (AvgIpc) is 2.71. The van der Waals surface area contributed by atoms with Gasteiger partial charge >= 0.3 is 5.97 Å². The first kappa shape index (κ1) is 19.6. The third-order valence-electron chi connectivity index (χ3n) is 3.85. The predicted octanol–water partition coefficient (Wildman–Crippen LogP) is 2.54. The van der Waals surface area contributed by atoms with E-state index in [4.69, 9.17) is 14.2 Å². The molecular formula is C19H18N2O6S. The van der Waals surface area contributed by atoms with E-state index in [2.05, 4.69) is 10.6 Å². The van der Waals surface area contributed by atoms with Crippen molar-refractivity contribution in [3.8, 4) is 11.5 Å². The standard InChI is InChI=1S/C19H18N2O6S/c1-25-14-5-4-12(8-15(14)26-2)20-17(22)9-27-19(24)11-3-6-16-13(7-11)21-18(23)10-28-16/h3-8H,9-10H2,1-2H3,(H,20,22)(H,21,23). The zero-order valence-corrected chi connectivity index (χ0v) is 16.1. The summed E-state index contributed by atoms with van der Waals surface area (Å²) in [5.41, 5.74) is 1.29. The lowest BCUT2D eigenvalue weighted by atomic mass is 10.2. The normalized spacial score (nSPS) is 12.4. The molecule has 0 spiro atoms. The molecule has 1 aliphatic rings. The summed E-state index contributed by atoms with van der Waals surface area (Å²) >= 11 is 1.39. The van der Waals surface area contributed by atoms with Gasteiger partial charge in [-0.1, -0.05) is 0 Å². The van der Waals surface area contributed by atoms with Crippen LogP contribution in [0.2, 0.25) is 0 Å². The maximum atomic E-state index is 12.2. The van der Waals surface area contributed by atoms with Crippen molar-refractivity contribution in [1.82, 2.24) is 0 Å². The summed E-state index contributed by atoms with van der Waals surface area (Å²) in [7, 11) is 3.01. The van der Waals surface area contributed by atoms with Crippen LogP contribution < -0.4 is 20.1 Å². The molecule has 0 fully saturated rings. The van der Waals surface area contributed by atoms with Crippen LogP contribution >= 0.6 is 11.8 Å². The molecule has 2 aromatic rings. The van der Waals surface area contributed by atoms with Crippen LogP contribution in [0.1, 0.15) is 10.4 Å². The molecule has 3 rings (SSSR count). The molecule has 1 aliphatic heterocycles. The summed E-state index contributed by atoms with van der Waals surface area (Å²) in [6.45, 7) is -0.453. The summed E-state index contributed by atoms with van der Waals surface area (Å²) in [5.74, 6) is 0.0540. The smallest absolute Gasteiger partial charge is 0.338 e. The van der Waals surface area contributed by atoms with Crippen molar-refractivity contribution >= 4 is 40.9 Å². The van der Waals surface area contributed by atoms with Gasteiger partial charge in [-0.3, -0.25) is 9.59 Å². The number of nitrogens with one attached hydrogen (secondary N) is 2. The van der Waals surface area contributed by atoms with Gasteiger partial charge in [0.25, 0.3) is 5.91 Å². The molecule has 0 unspecified atom stereocenters. The lowest BCUT2D eigenvalue weighted by Crippen LogP contribution is -2.22. The molecule has 8 nitrogen and oxygen atoms in total. The van der Waals surface area contributed by atoms with Crippen molar-refractivity contribution in [3.05, 3.63) is 42.0 Å². The number of hydrogen-bond acceptors (Lipinski definition) is 7. The van der Waals surface area contributed by atoms with E-state index in [1.807, 2.05) is 0 Å². The highest BCUT2D eigenvalue weighted by Crippen LogP contribution is 2.32. The molecule has 0 bridgehead atoms.